The average molecular weight is 434 g/mol. The lowest BCUT2D eigenvalue weighted by molar-refractivity contribution is 0.416. The molecule has 0 spiro atoms. The molecular weight excluding hydrogens is 406 g/mol. The fourth-order valence-corrected chi connectivity index (χ4v) is 4.34. The summed E-state index contributed by atoms with van der Waals surface area (Å²) in [6.45, 7) is 0.706. The van der Waals surface area contributed by atoms with E-state index < -0.39 is 0 Å². The molecule has 0 aliphatic carbocycles. The molecule has 0 saturated heterocycles. The Labute approximate surface area is 186 Å². The van der Waals surface area contributed by atoms with Crippen molar-refractivity contribution >= 4 is 11.3 Å². The Morgan fingerprint density at radius 1 is 1.00 bits per heavy atom. The van der Waals surface area contributed by atoms with E-state index in [1.807, 2.05) is 30.5 Å². The van der Waals surface area contributed by atoms with E-state index in [-0.39, 0.29) is 0 Å². The van der Waals surface area contributed by atoms with Crippen LogP contribution in [0.3, 0.4) is 0 Å². The van der Waals surface area contributed by atoms with Gasteiger partial charge in [-0.3, -0.25) is 0 Å². The minimum atomic E-state index is 0.706. The Balaban J connectivity index is 1.48. The van der Waals surface area contributed by atoms with E-state index in [0.29, 0.717) is 6.54 Å². The van der Waals surface area contributed by atoms with Crippen molar-refractivity contribution in [2.45, 2.75) is 32.1 Å². The minimum absolute atomic E-state index is 0.706. The van der Waals surface area contributed by atoms with Crippen molar-refractivity contribution < 1.29 is 4.74 Å². The molecule has 0 bridgehead atoms. The molecule has 0 amide bonds. The van der Waals surface area contributed by atoms with Gasteiger partial charge >= 0.3 is 0 Å². The molecule has 4 aromatic rings. The first-order valence-corrected chi connectivity index (χ1v) is 11.4. The van der Waals surface area contributed by atoms with Gasteiger partial charge in [-0.25, -0.2) is 9.67 Å². The number of rotatable bonds is 10. The summed E-state index contributed by atoms with van der Waals surface area (Å²) in [7, 11) is 1.69. The number of thiazole rings is 1. The number of benzene rings is 2. The van der Waals surface area contributed by atoms with Gasteiger partial charge in [0.25, 0.3) is 0 Å². The van der Waals surface area contributed by atoms with E-state index in [4.69, 9.17) is 15.5 Å². The first-order valence-electron chi connectivity index (χ1n) is 10.5. The van der Waals surface area contributed by atoms with Crippen molar-refractivity contribution in [1.29, 1.82) is 0 Å². The van der Waals surface area contributed by atoms with E-state index in [9.17, 15) is 0 Å². The molecule has 4 rings (SSSR count). The van der Waals surface area contributed by atoms with Gasteiger partial charge in [-0.15, -0.1) is 16.4 Å². The van der Waals surface area contributed by atoms with Gasteiger partial charge in [-0.05, 0) is 56.3 Å². The van der Waals surface area contributed by atoms with Crippen LogP contribution in [0.15, 0.2) is 60.1 Å². The van der Waals surface area contributed by atoms with Crippen LogP contribution in [0.4, 0.5) is 0 Å². The predicted octanol–water partition coefficient (Wildman–Crippen LogP) is 4.47. The zero-order valence-corrected chi connectivity index (χ0v) is 18.5. The summed E-state index contributed by atoms with van der Waals surface area (Å²) in [5.41, 5.74) is 10.9. The third kappa shape index (κ3) is 5.37. The van der Waals surface area contributed by atoms with Crippen molar-refractivity contribution in [3.63, 3.8) is 0 Å². The van der Waals surface area contributed by atoms with Gasteiger partial charge in [0.1, 0.15) is 10.8 Å². The van der Waals surface area contributed by atoms with Crippen LogP contribution in [0.1, 0.15) is 29.8 Å². The lowest BCUT2D eigenvalue weighted by Gasteiger charge is -2.08. The molecule has 0 aliphatic rings. The second-order valence-electron chi connectivity index (χ2n) is 7.41. The topological polar surface area (TPSA) is 78.9 Å². The highest BCUT2D eigenvalue weighted by Gasteiger charge is 2.13. The number of methoxy groups -OCH3 is 1. The molecule has 31 heavy (non-hydrogen) atoms. The minimum Gasteiger partial charge on any atom is -0.496 e. The van der Waals surface area contributed by atoms with Gasteiger partial charge in [0.05, 0.1) is 35.9 Å². The number of aryl methyl sites for hydroxylation is 3. The summed E-state index contributed by atoms with van der Waals surface area (Å²) in [6, 6.07) is 16.6. The van der Waals surface area contributed by atoms with Crippen molar-refractivity contribution in [1.82, 2.24) is 20.0 Å². The van der Waals surface area contributed by atoms with E-state index in [1.165, 1.54) is 5.56 Å². The molecule has 0 radical (unpaired) electrons. The third-order valence-corrected chi connectivity index (χ3v) is 6.10. The van der Waals surface area contributed by atoms with Gasteiger partial charge in [0, 0.05) is 11.4 Å². The predicted molar refractivity (Wildman–Crippen MR) is 125 cm³/mol. The summed E-state index contributed by atoms with van der Waals surface area (Å²) in [6.07, 6.45) is 6.78. The molecule has 2 aromatic carbocycles. The highest BCUT2D eigenvalue weighted by Crippen LogP contribution is 2.34. The molecule has 0 aliphatic heterocycles. The zero-order valence-electron chi connectivity index (χ0n) is 17.7. The number of hydrogen-bond acceptors (Lipinski definition) is 6. The average Bonchev–Trinajstić information content (AvgIpc) is 3.48. The standard InChI is InChI=1S/C24H27N5OS/c1-30-23-15-21(29-16-19(27-28-29)9-5-6-14-25)12-13-22(23)24-26-20(17-31-24)11-10-18-7-3-2-4-8-18/h2-4,7-8,12-13,15-17H,5-6,9-11,14,25H2,1H3. The Bertz CT molecular complexity index is 1110. The summed E-state index contributed by atoms with van der Waals surface area (Å²) in [4.78, 5) is 4.85. The molecule has 2 aromatic heterocycles. The summed E-state index contributed by atoms with van der Waals surface area (Å²) >= 11 is 1.65. The highest BCUT2D eigenvalue weighted by atomic mass is 32.1. The first-order chi connectivity index (χ1) is 15.3. The van der Waals surface area contributed by atoms with Gasteiger partial charge < -0.3 is 10.5 Å². The lowest BCUT2D eigenvalue weighted by Crippen LogP contribution is -1.99. The number of hydrogen-bond donors (Lipinski definition) is 1. The molecular formula is C24H27N5OS. The lowest BCUT2D eigenvalue weighted by atomic mass is 10.1. The van der Waals surface area contributed by atoms with Crippen LogP contribution in [-0.2, 0) is 19.3 Å². The van der Waals surface area contributed by atoms with Crippen molar-refractivity contribution in [3.05, 3.63) is 77.1 Å². The maximum Gasteiger partial charge on any atom is 0.131 e. The maximum atomic E-state index is 5.68. The number of unbranched alkanes of at least 4 members (excludes halogenated alkanes) is 1. The molecule has 7 heteroatoms. The SMILES string of the molecule is COc1cc(-n2cc(CCCCN)nn2)ccc1-c1nc(CCc2ccccc2)cs1. The van der Waals surface area contributed by atoms with Gasteiger partial charge in [-0.1, -0.05) is 35.5 Å². The summed E-state index contributed by atoms with van der Waals surface area (Å²) < 4.78 is 7.47. The fourth-order valence-electron chi connectivity index (χ4n) is 3.45. The largest absolute Gasteiger partial charge is 0.496 e. The number of nitrogens with zero attached hydrogens (tertiary/aromatic N) is 4. The smallest absolute Gasteiger partial charge is 0.131 e. The van der Waals surface area contributed by atoms with Crippen LogP contribution in [0.25, 0.3) is 16.3 Å². The van der Waals surface area contributed by atoms with Crippen molar-refractivity contribution in [3.8, 4) is 22.0 Å². The Morgan fingerprint density at radius 3 is 2.68 bits per heavy atom. The summed E-state index contributed by atoms with van der Waals surface area (Å²) in [5.74, 6) is 0.779. The van der Waals surface area contributed by atoms with Gasteiger partial charge in [0.15, 0.2) is 0 Å². The van der Waals surface area contributed by atoms with Gasteiger partial charge in [-0.2, -0.15) is 0 Å². The molecule has 0 saturated carbocycles. The molecule has 2 N–H and O–H groups in total. The maximum absolute atomic E-state index is 5.68. The van der Waals surface area contributed by atoms with E-state index >= 15 is 0 Å². The third-order valence-electron chi connectivity index (χ3n) is 5.17. The number of ether oxygens (including phenoxy) is 1. The molecule has 160 valence electrons. The fraction of sp³-hybridized carbons (Fsp3) is 0.292. The first kappa shape index (κ1) is 21.2. The zero-order chi connectivity index (χ0) is 21.5. The normalized spacial score (nSPS) is 11.0. The Morgan fingerprint density at radius 2 is 1.87 bits per heavy atom. The molecule has 6 nitrogen and oxygen atoms in total. The molecule has 0 fully saturated rings. The Kier molecular flexibility index (Phi) is 7.07. The molecule has 0 unspecified atom stereocenters. The molecule has 2 heterocycles. The van der Waals surface area contributed by atoms with Crippen LogP contribution < -0.4 is 10.5 Å². The van der Waals surface area contributed by atoms with Crippen LogP contribution in [0.5, 0.6) is 5.75 Å². The van der Waals surface area contributed by atoms with Crippen LogP contribution >= 0.6 is 11.3 Å². The number of aromatic nitrogens is 4. The van der Waals surface area contributed by atoms with Crippen LogP contribution in [0.2, 0.25) is 0 Å². The van der Waals surface area contributed by atoms with Crippen molar-refractivity contribution in [2.24, 2.45) is 5.73 Å². The van der Waals surface area contributed by atoms with E-state index in [2.05, 4.69) is 40.0 Å². The number of nitrogens with two attached hydrogens (primary N) is 1. The van der Waals surface area contributed by atoms with E-state index in [0.717, 1.165) is 65.5 Å². The Hall–Kier alpha value is -3.03. The second-order valence-corrected chi connectivity index (χ2v) is 8.27. The monoisotopic (exact) mass is 433 g/mol. The highest BCUT2D eigenvalue weighted by molar-refractivity contribution is 7.13. The second kappa shape index (κ2) is 10.3. The van der Waals surface area contributed by atoms with Crippen molar-refractivity contribution in [2.75, 3.05) is 13.7 Å². The van der Waals surface area contributed by atoms with Crippen LogP contribution in [-0.4, -0.2) is 33.6 Å². The quantitative estimate of drug-likeness (QED) is 0.373. The van der Waals surface area contributed by atoms with Crippen LogP contribution in [0, 0.1) is 0 Å². The summed E-state index contributed by atoms with van der Waals surface area (Å²) in [5, 5.41) is 11.6. The van der Waals surface area contributed by atoms with E-state index in [1.54, 1.807) is 23.1 Å². The molecule has 0 atom stereocenters. The van der Waals surface area contributed by atoms with Gasteiger partial charge in [0.2, 0.25) is 0 Å².